The molecular formula is C20H29N2O15S4+. The number of hydrogen-bond donors (Lipinski definition) is 7. The van der Waals surface area contributed by atoms with Crippen molar-refractivity contribution in [2.24, 2.45) is 0 Å². The average molecular weight is 666 g/mol. The van der Waals surface area contributed by atoms with Crippen LogP contribution in [0.15, 0.2) is 43.8 Å². The van der Waals surface area contributed by atoms with Crippen molar-refractivity contribution in [3.05, 3.63) is 46.5 Å². The third kappa shape index (κ3) is 14.0. The molecule has 0 radical (unpaired) electrons. The van der Waals surface area contributed by atoms with Crippen LogP contribution in [-0.2, 0) is 39.0 Å². The lowest BCUT2D eigenvalue weighted by atomic mass is 10.1. The van der Waals surface area contributed by atoms with Gasteiger partial charge in [-0.2, -0.15) is 16.8 Å². The second kappa shape index (κ2) is 19.1. The van der Waals surface area contributed by atoms with Gasteiger partial charge in [0.2, 0.25) is 6.21 Å². The average Bonchev–Trinajstić information content (AvgIpc) is 2.90. The Morgan fingerprint density at radius 2 is 1.24 bits per heavy atom. The molecule has 0 fully saturated rings. The lowest BCUT2D eigenvalue weighted by Crippen LogP contribution is -2.12. The van der Waals surface area contributed by atoms with Crippen LogP contribution < -0.4 is 5.48 Å². The van der Waals surface area contributed by atoms with E-state index >= 15 is 0 Å². The maximum atomic E-state index is 11.4. The van der Waals surface area contributed by atoms with Gasteiger partial charge in [-0.3, -0.25) is 19.1 Å². The van der Waals surface area contributed by atoms with Gasteiger partial charge >= 0.3 is 0 Å². The minimum absolute atomic E-state index is 0.137. The number of hydroxylamine groups is 2. The zero-order valence-corrected chi connectivity index (χ0v) is 25.1. The predicted octanol–water partition coefficient (Wildman–Crippen LogP) is 2.98. The summed E-state index contributed by atoms with van der Waals surface area (Å²) in [5.74, 6) is 0. The fourth-order valence-corrected chi connectivity index (χ4v) is 5.34. The summed E-state index contributed by atoms with van der Waals surface area (Å²) < 4.78 is 72.3. The first-order chi connectivity index (χ1) is 19.1. The van der Waals surface area contributed by atoms with Crippen molar-refractivity contribution in [2.75, 3.05) is 13.1 Å². The zero-order chi connectivity index (χ0) is 31.8. The highest BCUT2D eigenvalue weighted by atomic mass is 32.2. The molecule has 0 aliphatic heterocycles. The van der Waals surface area contributed by atoms with Gasteiger partial charge in [0.1, 0.15) is 9.79 Å². The van der Waals surface area contributed by atoms with Gasteiger partial charge in [0.05, 0.1) is 29.6 Å². The smallest absolute Gasteiger partial charge is 0.295 e. The fourth-order valence-electron chi connectivity index (χ4n) is 2.66. The molecule has 0 amide bonds. The van der Waals surface area contributed by atoms with Gasteiger partial charge in [0.15, 0.2) is 12.8 Å². The molecule has 232 valence electrons. The molecule has 0 heterocycles. The standard InChI is InChI=1S/C10H13NO7S2.C8H8O7S2.C2H7NO/c1-3-11(12)6-9-7(2)4-8(19-18-17-13)5-10(9)20(14,15)16;1-5-2-6(16-15-14-10)3-8(7(5)4-9)17(11,12)13;1-2-3-4/h4-6H,3H2,1-2H3,(H2-,12,13,14,15,16);2-4,10H,1H3,(H,11,12,13);3-4H,2H2,1H3/p+1/b11-6-;;. The molecule has 41 heavy (non-hydrogen) atoms. The van der Waals surface area contributed by atoms with E-state index in [2.05, 4.69) is 18.7 Å². The second-order valence-corrected chi connectivity index (χ2v) is 11.5. The van der Waals surface area contributed by atoms with E-state index < -0.39 is 30.0 Å². The molecule has 0 spiro atoms. The van der Waals surface area contributed by atoms with E-state index in [9.17, 15) is 31.4 Å². The molecule has 0 saturated carbocycles. The van der Waals surface area contributed by atoms with Crippen LogP contribution in [0.4, 0.5) is 0 Å². The summed E-state index contributed by atoms with van der Waals surface area (Å²) in [4.78, 5) is 10.3. The highest BCUT2D eigenvalue weighted by molar-refractivity contribution is 7.94. The molecule has 2 rings (SSSR count). The van der Waals surface area contributed by atoms with Crippen molar-refractivity contribution < 1.29 is 75.1 Å². The molecule has 7 N–H and O–H groups in total. The number of nitrogens with one attached hydrogen (secondary N) is 1. The summed E-state index contributed by atoms with van der Waals surface area (Å²) in [6.07, 6.45) is 1.52. The van der Waals surface area contributed by atoms with Crippen LogP contribution in [0.25, 0.3) is 0 Å². The van der Waals surface area contributed by atoms with E-state index in [1.165, 1.54) is 25.3 Å². The van der Waals surface area contributed by atoms with Gasteiger partial charge in [0.25, 0.3) is 20.2 Å². The maximum Gasteiger partial charge on any atom is 0.295 e. The number of rotatable bonds is 12. The Kier molecular flexibility index (Phi) is 18.0. The summed E-state index contributed by atoms with van der Waals surface area (Å²) in [6.45, 7) is 7.42. The number of benzene rings is 2. The largest absolute Gasteiger partial charge is 0.317 e. The molecule has 0 unspecified atom stereocenters. The molecule has 2 aromatic rings. The van der Waals surface area contributed by atoms with Crippen molar-refractivity contribution in [1.82, 2.24) is 5.48 Å². The highest BCUT2D eigenvalue weighted by Gasteiger charge is 2.21. The van der Waals surface area contributed by atoms with Crippen LogP contribution >= 0.6 is 24.1 Å². The molecule has 21 heteroatoms. The summed E-state index contributed by atoms with van der Waals surface area (Å²) in [7, 11) is -9.02. The number of carbonyl (C=O) groups excluding carboxylic acids is 1. The van der Waals surface area contributed by atoms with E-state index in [-0.39, 0.29) is 27.5 Å². The van der Waals surface area contributed by atoms with E-state index in [0.29, 0.717) is 48.0 Å². The summed E-state index contributed by atoms with van der Waals surface area (Å²) in [5.41, 5.74) is 2.74. The predicted molar refractivity (Wildman–Crippen MR) is 142 cm³/mol. The van der Waals surface area contributed by atoms with Crippen molar-refractivity contribution in [1.29, 1.82) is 0 Å². The third-order valence-corrected chi connectivity index (χ3v) is 7.30. The van der Waals surface area contributed by atoms with E-state index in [1.54, 1.807) is 13.8 Å². The highest BCUT2D eigenvalue weighted by Crippen LogP contribution is 2.28. The number of hydrogen-bond acceptors (Lipinski definition) is 16. The first kappa shape index (κ1) is 38.8. The summed E-state index contributed by atoms with van der Waals surface area (Å²) >= 11 is 1.08. The molecule has 0 aliphatic carbocycles. The monoisotopic (exact) mass is 665 g/mol. The molecule has 0 bridgehead atoms. The molecular weight excluding hydrogens is 636 g/mol. The van der Waals surface area contributed by atoms with Gasteiger partial charge in [0, 0.05) is 21.9 Å². The maximum absolute atomic E-state index is 11.4. The lowest BCUT2D eigenvalue weighted by molar-refractivity contribution is -0.769. The molecule has 0 aliphatic rings. The van der Waals surface area contributed by atoms with E-state index in [0.717, 1.165) is 16.9 Å². The Labute approximate surface area is 243 Å². The van der Waals surface area contributed by atoms with Crippen LogP contribution in [0.3, 0.4) is 0 Å². The minimum Gasteiger partial charge on any atom is -0.317 e. The molecule has 0 atom stereocenters. The molecule has 0 aromatic heterocycles. The zero-order valence-electron chi connectivity index (χ0n) is 21.8. The van der Waals surface area contributed by atoms with Crippen molar-refractivity contribution in [3.8, 4) is 0 Å². The molecule has 17 nitrogen and oxygen atoms in total. The van der Waals surface area contributed by atoms with Crippen molar-refractivity contribution in [3.63, 3.8) is 0 Å². The van der Waals surface area contributed by atoms with Gasteiger partial charge < -0.3 is 5.21 Å². The van der Waals surface area contributed by atoms with Crippen LogP contribution in [0, 0.1) is 13.8 Å². The summed E-state index contributed by atoms with van der Waals surface area (Å²) in [5, 5.41) is 39.9. The fraction of sp³-hybridized carbons (Fsp3) is 0.300. The first-order valence-corrected chi connectivity index (χ1v) is 15.1. The van der Waals surface area contributed by atoms with Gasteiger partial charge in [-0.1, -0.05) is 17.0 Å². The second-order valence-electron chi connectivity index (χ2n) is 7.22. The number of carbonyl (C=O) groups is 1. The van der Waals surface area contributed by atoms with Gasteiger partial charge in [-0.25, -0.2) is 16.0 Å². The SMILES string of the molecule is CC/[N+](O)=C/c1c(C)cc(SOOO)cc1S(=O)(=O)O.CCNO.Cc1cc(SOOO)cc(S(=O)(=O)O)c1C=O. The Morgan fingerprint density at radius 1 is 0.854 bits per heavy atom. The number of nitrogens with zero attached hydrogens (tertiary/aromatic N) is 1. The van der Waals surface area contributed by atoms with Gasteiger partial charge in [-0.05, 0) is 60.9 Å². The third-order valence-electron chi connectivity index (χ3n) is 4.40. The van der Waals surface area contributed by atoms with Crippen molar-refractivity contribution >= 4 is 56.8 Å². The quantitative estimate of drug-likeness (QED) is 0.0251. The lowest BCUT2D eigenvalue weighted by Gasteiger charge is -2.07. The minimum atomic E-state index is -4.52. The van der Waals surface area contributed by atoms with Crippen LogP contribution in [0.2, 0.25) is 0 Å². The summed E-state index contributed by atoms with van der Waals surface area (Å²) in [6, 6.07) is 5.12. The Bertz CT molecular complexity index is 1380. The van der Waals surface area contributed by atoms with E-state index in [1.807, 2.05) is 12.4 Å². The van der Waals surface area contributed by atoms with Gasteiger partial charge in [-0.15, -0.1) is 8.67 Å². The van der Waals surface area contributed by atoms with Crippen LogP contribution in [0.5, 0.6) is 0 Å². The molecule has 2 aromatic carbocycles. The van der Waals surface area contributed by atoms with Crippen LogP contribution in [-0.4, -0.2) is 77.2 Å². The Morgan fingerprint density at radius 3 is 1.56 bits per heavy atom. The molecule has 0 saturated heterocycles. The number of aryl methyl sites for hydroxylation is 2. The normalized spacial score (nSPS) is 11.7. The number of aldehydes is 1. The first-order valence-electron chi connectivity index (χ1n) is 10.8. The Hall–Kier alpha value is -2.22. The van der Waals surface area contributed by atoms with Crippen molar-refractivity contribution in [2.45, 2.75) is 47.3 Å². The topological polar surface area (TPSA) is 259 Å². The van der Waals surface area contributed by atoms with Crippen LogP contribution in [0.1, 0.15) is 40.9 Å². The Balaban J connectivity index is 0.000000697. The van der Waals surface area contributed by atoms with E-state index in [4.69, 9.17) is 20.3 Å².